The first-order chi connectivity index (χ1) is 12.0. The average Bonchev–Trinajstić information content (AvgIpc) is 3.02. The van der Waals surface area contributed by atoms with Gasteiger partial charge in [-0.05, 0) is 44.4 Å². The zero-order valence-electron chi connectivity index (χ0n) is 14.5. The summed E-state index contributed by atoms with van der Waals surface area (Å²) in [6.45, 7) is 3.81. The average molecular weight is 357 g/mol. The lowest BCUT2D eigenvalue weighted by Crippen LogP contribution is -2.17. The maximum Gasteiger partial charge on any atom is 0.253 e. The number of thioether (sulfide) groups is 1. The highest BCUT2D eigenvalue weighted by Gasteiger charge is 2.16. The van der Waals surface area contributed by atoms with E-state index >= 15 is 0 Å². The Hall–Kier alpha value is -2.61. The summed E-state index contributed by atoms with van der Waals surface area (Å²) in [5.74, 6) is 1.19. The van der Waals surface area contributed by atoms with Crippen molar-refractivity contribution in [3.63, 3.8) is 0 Å². The molecular weight excluding hydrogens is 338 g/mol. The number of fused-ring (bicyclic) bond motifs is 1. The van der Waals surface area contributed by atoms with E-state index in [0.29, 0.717) is 10.9 Å². The van der Waals surface area contributed by atoms with Gasteiger partial charge in [0.05, 0.1) is 13.5 Å². The van der Waals surface area contributed by atoms with Gasteiger partial charge in [-0.2, -0.15) is 4.98 Å². The first kappa shape index (κ1) is 17.2. The number of carbonyl (C=O) groups excluding carboxylic acids is 1. The van der Waals surface area contributed by atoms with E-state index in [4.69, 9.17) is 4.74 Å². The normalized spacial score (nSPS) is 10.9. The Balaban J connectivity index is 1.82. The van der Waals surface area contributed by atoms with Gasteiger partial charge < -0.3 is 10.1 Å². The molecule has 1 amide bonds. The SMILES string of the molecule is COc1ccc(NC(=O)Cc2c(C)nc3nc(SC)nn3c2C)cc1. The predicted molar refractivity (Wildman–Crippen MR) is 97.4 cm³/mol. The molecule has 0 saturated carbocycles. The summed E-state index contributed by atoms with van der Waals surface area (Å²) < 4.78 is 6.80. The van der Waals surface area contributed by atoms with Crippen LogP contribution in [-0.4, -0.2) is 38.9 Å². The van der Waals surface area contributed by atoms with E-state index in [1.807, 2.05) is 20.1 Å². The number of benzene rings is 1. The van der Waals surface area contributed by atoms with Gasteiger partial charge in [0.2, 0.25) is 11.1 Å². The smallest absolute Gasteiger partial charge is 0.253 e. The molecule has 0 bridgehead atoms. The van der Waals surface area contributed by atoms with Crippen molar-refractivity contribution < 1.29 is 9.53 Å². The Labute approximate surface area is 149 Å². The van der Waals surface area contributed by atoms with Crippen molar-refractivity contribution in [3.8, 4) is 5.75 Å². The van der Waals surface area contributed by atoms with Gasteiger partial charge in [0.1, 0.15) is 5.75 Å². The highest BCUT2D eigenvalue weighted by molar-refractivity contribution is 7.98. The van der Waals surface area contributed by atoms with Crippen LogP contribution in [0.5, 0.6) is 5.75 Å². The maximum absolute atomic E-state index is 12.4. The van der Waals surface area contributed by atoms with Crippen molar-refractivity contribution in [1.82, 2.24) is 19.6 Å². The van der Waals surface area contributed by atoms with Gasteiger partial charge in [-0.1, -0.05) is 11.8 Å². The summed E-state index contributed by atoms with van der Waals surface area (Å²) in [4.78, 5) is 21.2. The van der Waals surface area contributed by atoms with Gasteiger partial charge in [-0.3, -0.25) is 4.79 Å². The topological polar surface area (TPSA) is 81.4 Å². The number of hydrogen-bond donors (Lipinski definition) is 1. The fraction of sp³-hybridized carbons (Fsp3) is 0.294. The number of nitrogens with one attached hydrogen (secondary N) is 1. The third-order valence-corrected chi connectivity index (χ3v) is 4.46. The predicted octanol–water partition coefficient (Wildman–Crippen LogP) is 2.65. The minimum absolute atomic E-state index is 0.109. The molecule has 0 unspecified atom stereocenters. The minimum atomic E-state index is -0.109. The molecule has 0 atom stereocenters. The number of nitrogens with zero attached hydrogens (tertiary/aromatic N) is 4. The van der Waals surface area contributed by atoms with Crippen LogP contribution < -0.4 is 10.1 Å². The van der Waals surface area contributed by atoms with Crippen LogP contribution in [0.1, 0.15) is 17.0 Å². The van der Waals surface area contributed by atoms with Crippen LogP contribution in [0.25, 0.3) is 5.78 Å². The number of anilines is 1. The van der Waals surface area contributed by atoms with Crippen LogP contribution in [0, 0.1) is 13.8 Å². The zero-order valence-corrected chi connectivity index (χ0v) is 15.3. The van der Waals surface area contributed by atoms with Gasteiger partial charge in [0.15, 0.2) is 0 Å². The Morgan fingerprint density at radius 2 is 1.96 bits per heavy atom. The zero-order chi connectivity index (χ0) is 18.0. The number of hydrogen-bond acceptors (Lipinski definition) is 6. The van der Waals surface area contributed by atoms with Crippen molar-refractivity contribution in [2.24, 2.45) is 0 Å². The number of carbonyl (C=O) groups is 1. The van der Waals surface area contributed by atoms with E-state index in [1.54, 1.807) is 35.9 Å². The second kappa shape index (κ2) is 7.10. The molecule has 0 aliphatic rings. The Morgan fingerprint density at radius 1 is 1.24 bits per heavy atom. The number of amides is 1. The Bertz CT molecular complexity index is 921. The molecule has 1 N–H and O–H groups in total. The molecule has 0 saturated heterocycles. The van der Waals surface area contributed by atoms with Crippen LogP contribution in [0.4, 0.5) is 5.69 Å². The Morgan fingerprint density at radius 3 is 2.60 bits per heavy atom. The minimum Gasteiger partial charge on any atom is -0.497 e. The number of aryl methyl sites for hydroxylation is 2. The van der Waals surface area contributed by atoms with E-state index in [-0.39, 0.29) is 12.3 Å². The lowest BCUT2D eigenvalue weighted by Gasteiger charge is -2.11. The molecule has 3 aromatic rings. The van der Waals surface area contributed by atoms with Gasteiger partial charge in [-0.25, -0.2) is 9.50 Å². The number of aromatic nitrogens is 4. The fourth-order valence-electron chi connectivity index (χ4n) is 2.57. The second-order valence-electron chi connectivity index (χ2n) is 5.52. The molecule has 2 heterocycles. The Kier molecular flexibility index (Phi) is 4.89. The lowest BCUT2D eigenvalue weighted by molar-refractivity contribution is -0.115. The molecule has 25 heavy (non-hydrogen) atoms. The molecule has 7 nitrogen and oxygen atoms in total. The highest BCUT2D eigenvalue weighted by Crippen LogP contribution is 2.19. The van der Waals surface area contributed by atoms with E-state index in [2.05, 4.69) is 20.4 Å². The van der Waals surface area contributed by atoms with E-state index < -0.39 is 0 Å². The quantitative estimate of drug-likeness (QED) is 0.707. The number of rotatable bonds is 5. The third-order valence-electron chi connectivity index (χ3n) is 3.92. The molecule has 0 fully saturated rings. The molecule has 3 rings (SSSR count). The molecule has 0 aliphatic heterocycles. The van der Waals surface area contributed by atoms with Crippen molar-refractivity contribution in [3.05, 3.63) is 41.2 Å². The maximum atomic E-state index is 12.4. The first-order valence-corrected chi connectivity index (χ1v) is 8.95. The van der Waals surface area contributed by atoms with Crippen molar-refractivity contribution in [2.75, 3.05) is 18.7 Å². The monoisotopic (exact) mass is 357 g/mol. The summed E-state index contributed by atoms with van der Waals surface area (Å²) in [6.07, 6.45) is 2.14. The molecule has 0 aliphatic carbocycles. The number of methoxy groups -OCH3 is 1. The van der Waals surface area contributed by atoms with Gasteiger partial charge in [0, 0.05) is 22.6 Å². The van der Waals surface area contributed by atoms with E-state index in [1.165, 1.54) is 11.8 Å². The van der Waals surface area contributed by atoms with Crippen LogP contribution in [0.15, 0.2) is 29.4 Å². The summed E-state index contributed by atoms with van der Waals surface area (Å²) >= 11 is 1.46. The van der Waals surface area contributed by atoms with Crippen molar-refractivity contribution >= 4 is 29.1 Å². The lowest BCUT2D eigenvalue weighted by atomic mass is 10.1. The molecule has 0 radical (unpaired) electrons. The van der Waals surface area contributed by atoms with Crippen molar-refractivity contribution in [2.45, 2.75) is 25.4 Å². The summed E-state index contributed by atoms with van der Waals surface area (Å²) in [7, 11) is 1.61. The highest BCUT2D eigenvalue weighted by atomic mass is 32.2. The molecule has 130 valence electrons. The largest absolute Gasteiger partial charge is 0.497 e. The van der Waals surface area contributed by atoms with Crippen LogP contribution in [-0.2, 0) is 11.2 Å². The van der Waals surface area contributed by atoms with Crippen LogP contribution in [0.3, 0.4) is 0 Å². The van der Waals surface area contributed by atoms with Gasteiger partial charge in [-0.15, -0.1) is 5.10 Å². The fourth-order valence-corrected chi connectivity index (χ4v) is 2.91. The van der Waals surface area contributed by atoms with Gasteiger partial charge >= 0.3 is 0 Å². The molecule has 1 aromatic carbocycles. The molecule has 2 aromatic heterocycles. The van der Waals surface area contributed by atoms with Crippen LogP contribution in [0.2, 0.25) is 0 Å². The number of ether oxygens (including phenoxy) is 1. The summed E-state index contributed by atoms with van der Waals surface area (Å²) in [5, 5.41) is 7.95. The van der Waals surface area contributed by atoms with E-state index in [0.717, 1.165) is 28.4 Å². The van der Waals surface area contributed by atoms with Gasteiger partial charge in [0.25, 0.3) is 5.78 Å². The molecule has 0 spiro atoms. The second-order valence-corrected chi connectivity index (χ2v) is 6.30. The van der Waals surface area contributed by atoms with E-state index in [9.17, 15) is 4.79 Å². The molecule has 8 heteroatoms. The molecular formula is C17H19N5O2S. The van der Waals surface area contributed by atoms with Crippen LogP contribution >= 0.6 is 11.8 Å². The van der Waals surface area contributed by atoms with Crippen molar-refractivity contribution in [1.29, 1.82) is 0 Å². The summed E-state index contributed by atoms with van der Waals surface area (Å²) in [5.41, 5.74) is 3.24. The summed E-state index contributed by atoms with van der Waals surface area (Å²) in [6, 6.07) is 7.22. The first-order valence-electron chi connectivity index (χ1n) is 7.72. The third kappa shape index (κ3) is 3.58. The standard InChI is InChI=1S/C17H19N5O2S/c1-10-14(11(2)22-16(18-10)20-17(21-22)25-4)9-15(23)19-12-5-7-13(24-3)8-6-12/h5-8H,9H2,1-4H3,(H,19,23).